The zero-order valence-corrected chi connectivity index (χ0v) is 13.8. The molecule has 1 unspecified atom stereocenters. The minimum atomic E-state index is 0.473. The Hall–Kier alpha value is -0.340. The quantitative estimate of drug-likeness (QED) is 0.565. The Kier molecular flexibility index (Phi) is 5.25. The van der Waals surface area contributed by atoms with Crippen LogP contribution in [0.15, 0.2) is 36.4 Å². The third kappa shape index (κ3) is 3.16. The van der Waals surface area contributed by atoms with E-state index in [1.165, 1.54) is 34.7 Å². The van der Waals surface area contributed by atoms with E-state index < -0.39 is 0 Å². The largest absolute Gasteiger partial charge is 0.0924 e. The SMILES string of the molecule is CCCC(Br)c1cc(CCBr)c2ccccc2c1. The fourth-order valence-corrected chi connectivity index (χ4v) is 3.47. The van der Waals surface area contributed by atoms with Gasteiger partial charge in [0.15, 0.2) is 0 Å². The molecule has 0 aliphatic heterocycles. The van der Waals surface area contributed by atoms with E-state index >= 15 is 0 Å². The molecule has 2 rings (SSSR count). The summed E-state index contributed by atoms with van der Waals surface area (Å²) in [5, 5.41) is 3.75. The van der Waals surface area contributed by atoms with Crippen LogP contribution in [0.25, 0.3) is 10.8 Å². The molecule has 0 aliphatic carbocycles. The second kappa shape index (κ2) is 6.72. The lowest BCUT2D eigenvalue weighted by molar-refractivity contribution is 0.788. The summed E-state index contributed by atoms with van der Waals surface area (Å²) in [6.07, 6.45) is 3.48. The number of fused-ring (bicyclic) bond motifs is 1. The number of halogens is 2. The third-order valence-electron chi connectivity index (χ3n) is 3.24. The highest BCUT2D eigenvalue weighted by Gasteiger charge is 2.10. The molecule has 2 aromatic rings. The summed E-state index contributed by atoms with van der Waals surface area (Å²) < 4.78 is 0. The molecule has 96 valence electrons. The van der Waals surface area contributed by atoms with Gasteiger partial charge in [-0.2, -0.15) is 0 Å². The average molecular weight is 370 g/mol. The summed E-state index contributed by atoms with van der Waals surface area (Å²) in [4.78, 5) is 0.473. The number of aryl methyl sites for hydroxylation is 1. The van der Waals surface area contributed by atoms with Crippen molar-refractivity contribution in [2.75, 3.05) is 5.33 Å². The first-order chi connectivity index (χ1) is 8.76. The second-order valence-corrected chi connectivity index (χ2v) is 6.49. The molecule has 0 aromatic heterocycles. The van der Waals surface area contributed by atoms with Crippen molar-refractivity contribution in [3.05, 3.63) is 47.5 Å². The number of rotatable bonds is 5. The van der Waals surface area contributed by atoms with Gasteiger partial charge in [0, 0.05) is 10.2 Å². The maximum atomic E-state index is 3.81. The third-order valence-corrected chi connectivity index (χ3v) is 4.62. The van der Waals surface area contributed by atoms with Crippen LogP contribution in [0.4, 0.5) is 0 Å². The van der Waals surface area contributed by atoms with E-state index in [1.54, 1.807) is 0 Å². The molecule has 2 heteroatoms. The van der Waals surface area contributed by atoms with E-state index in [1.807, 2.05) is 0 Å². The van der Waals surface area contributed by atoms with E-state index in [2.05, 4.69) is 75.2 Å². The standard InChI is InChI=1S/C16H18Br2/c1-2-5-16(18)14-10-12-6-3-4-7-15(12)13(11-14)8-9-17/h3-4,6-7,10-11,16H,2,5,8-9H2,1H3. The highest BCUT2D eigenvalue weighted by atomic mass is 79.9. The topological polar surface area (TPSA) is 0 Å². The predicted molar refractivity (Wildman–Crippen MR) is 88.0 cm³/mol. The van der Waals surface area contributed by atoms with Gasteiger partial charge in [0.2, 0.25) is 0 Å². The van der Waals surface area contributed by atoms with Gasteiger partial charge in [-0.1, -0.05) is 81.6 Å². The Balaban J connectivity index is 2.49. The van der Waals surface area contributed by atoms with Crippen LogP contribution in [-0.2, 0) is 6.42 Å². The molecule has 0 spiro atoms. The number of hydrogen-bond acceptors (Lipinski definition) is 0. The first-order valence-corrected chi connectivity index (χ1v) is 8.51. The maximum absolute atomic E-state index is 3.81. The highest BCUT2D eigenvalue weighted by Crippen LogP contribution is 2.32. The Bertz CT molecular complexity index is 519. The van der Waals surface area contributed by atoms with Crippen molar-refractivity contribution in [3.8, 4) is 0 Å². The molecular formula is C16H18Br2. The van der Waals surface area contributed by atoms with E-state index in [4.69, 9.17) is 0 Å². The van der Waals surface area contributed by atoms with Crippen molar-refractivity contribution in [2.45, 2.75) is 31.0 Å². The molecule has 0 saturated carbocycles. The van der Waals surface area contributed by atoms with Crippen LogP contribution in [0.2, 0.25) is 0 Å². The Morgan fingerprint density at radius 2 is 1.94 bits per heavy atom. The molecule has 2 aromatic carbocycles. The van der Waals surface area contributed by atoms with Crippen molar-refractivity contribution in [3.63, 3.8) is 0 Å². The van der Waals surface area contributed by atoms with Gasteiger partial charge in [-0.05, 0) is 34.7 Å². The summed E-state index contributed by atoms with van der Waals surface area (Å²) >= 11 is 7.36. The van der Waals surface area contributed by atoms with E-state index in [0.717, 1.165) is 11.8 Å². The summed E-state index contributed by atoms with van der Waals surface area (Å²) in [6, 6.07) is 13.4. The molecule has 0 aliphatic rings. The average Bonchev–Trinajstić information content (AvgIpc) is 2.39. The fraction of sp³-hybridized carbons (Fsp3) is 0.375. The van der Waals surface area contributed by atoms with E-state index in [9.17, 15) is 0 Å². The van der Waals surface area contributed by atoms with Gasteiger partial charge in [-0.25, -0.2) is 0 Å². The van der Waals surface area contributed by atoms with Crippen LogP contribution >= 0.6 is 31.9 Å². The molecule has 0 N–H and O–H groups in total. The lowest BCUT2D eigenvalue weighted by atomic mass is 9.97. The van der Waals surface area contributed by atoms with Crippen LogP contribution < -0.4 is 0 Å². The molecule has 0 heterocycles. The molecular weight excluding hydrogens is 352 g/mol. The molecule has 0 bridgehead atoms. The summed E-state index contributed by atoms with van der Waals surface area (Å²) in [5.74, 6) is 0. The molecule has 0 amide bonds. The van der Waals surface area contributed by atoms with Crippen molar-refractivity contribution < 1.29 is 0 Å². The second-order valence-electron chi connectivity index (χ2n) is 4.60. The maximum Gasteiger partial charge on any atom is 0.0395 e. The number of benzene rings is 2. The van der Waals surface area contributed by atoms with Crippen LogP contribution in [-0.4, -0.2) is 5.33 Å². The minimum Gasteiger partial charge on any atom is -0.0924 e. The van der Waals surface area contributed by atoms with Gasteiger partial charge in [-0.3, -0.25) is 0 Å². The van der Waals surface area contributed by atoms with E-state index in [0.29, 0.717) is 4.83 Å². The Morgan fingerprint density at radius 3 is 2.67 bits per heavy atom. The summed E-state index contributed by atoms with van der Waals surface area (Å²) in [7, 11) is 0. The van der Waals surface area contributed by atoms with E-state index in [-0.39, 0.29) is 0 Å². The normalized spacial score (nSPS) is 12.8. The molecule has 1 atom stereocenters. The first kappa shape index (κ1) is 14.1. The summed E-state index contributed by atoms with van der Waals surface area (Å²) in [5.41, 5.74) is 2.85. The fourth-order valence-electron chi connectivity index (χ4n) is 2.33. The molecule has 18 heavy (non-hydrogen) atoms. The lowest BCUT2D eigenvalue weighted by Crippen LogP contribution is -1.95. The van der Waals surface area contributed by atoms with Gasteiger partial charge >= 0.3 is 0 Å². The van der Waals surface area contributed by atoms with Crippen LogP contribution in [0.3, 0.4) is 0 Å². The smallest absolute Gasteiger partial charge is 0.0395 e. The molecule has 0 nitrogen and oxygen atoms in total. The number of alkyl halides is 2. The van der Waals surface area contributed by atoms with Crippen LogP contribution in [0, 0.1) is 0 Å². The number of hydrogen-bond donors (Lipinski definition) is 0. The van der Waals surface area contributed by atoms with Gasteiger partial charge < -0.3 is 0 Å². The van der Waals surface area contributed by atoms with Crippen molar-refractivity contribution in [2.24, 2.45) is 0 Å². The van der Waals surface area contributed by atoms with Gasteiger partial charge in [0.05, 0.1) is 0 Å². The molecule has 0 radical (unpaired) electrons. The first-order valence-electron chi connectivity index (χ1n) is 6.48. The zero-order chi connectivity index (χ0) is 13.0. The lowest BCUT2D eigenvalue weighted by Gasteiger charge is -2.13. The van der Waals surface area contributed by atoms with Gasteiger partial charge in [0.25, 0.3) is 0 Å². The van der Waals surface area contributed by atoms with Gasteiger partial charge in [-0.15, -0.1) is 0 Å². The van der Waals surface area contributed by atoms with Crippen molar-refractivity contribution in [1.82, 2.24) is 0 Å². The van der Waals surface area contributed by atoms with Gasteiger partial charge in [0.1, 0.15) is 0 Å². The zero-order valence-electron chi connectivity index (χ0n) is 10.6. The minimum absolute atomic E-state index is 0.473. The molecule has 0 fully saturated rings. The Morgan fingerprint density at radius 1 is 1.17 bits per heavy atom. The molecule has 0 saturated heterocycles. The van der Waals surface area contributed by atoms with Crippen LogP contribution in [0.1, 0.15) is 35.7 Å². The van der Waals surface area contributed by atoms with Crippen molar-refractivity contribution in [1.29, 1.82) is 0 Å². The predicted octanol–water partition coefficient (Wildman–Crippen LogP) is 6.01. The monoisotopic (exact) mass is 368 g/mol. The highest BCUT2D eigenvalue weighted by molar-refractivity contribution is 9.09. The summed E-state index contributed by atoms with van der Waals surface area (Å²) in [6.45, 7) is 2.23. The van der Waals surface area contributed by atoms with Crippen LogP contribution in [0.5, 0.6) is 0 Å². The van der Waals surface area contributed by atoms with Crippen molar-refractivity contribution >= 4 is 42.6 Å². The Labute approximate surface area is 126 Å².